The third kappa shape index (κ3) is 5.10. The van der Waals surface area contributed by atoms with Crippen LogP contribution in [0.3, 0.4) is 0 Å². The lowest BCUT2D eigenvalue weighted by atomic mass is 9.77. The number of halogens is 1. The van der Waals surface area contributed by atoms with Gasteiger partial charge in [-0.3, -0.25) is 0 Å². The number of hydrogen-bond donors (Lipinski definition) is 0. The van der Waals surface area contributed by atoms with Crippen LogP contribution in [0.1, 0.15) is 43.7 Å². The normalized spacial score (nSPS) is 23.0. The Morgan fingerprint density at radius 1 is 1.03 bits per heavy atom. The topological polar surface area (TPSA) is 0 Å². The zero-order valence-corrected chi connectivity index (χ0v) is 19.3. The van der Waals surface area contributed by atoms with Gasteiger partial charge in [-0.2, -0.15) is 0 Å². The number of rotatable bonds is 10. The Bertz CT molecular complexity index is 990. The first kappa shape index (κ1) is 23.7. The van der Waals surface area contributed by atoms with Gasteiger partial charge in [0.25, 0.3) is 0 Å². The molecule has 1 saturated carbocycles. The van der Waals surface area contributed by atoms with E-state index in [9.17, 15) is 0 Å². The van der Waals surface area contributed by atoms with Crippen LogP contribution in [0, 0.1) is 11.8 Å². The Morgan fingerprint density at radius 2 is 1.66 bits per heavy atom. The number of hydrogen-bond acceptors (Lipinski definition) is 0. The lowest BCUT2D eigenvalue weighted by Gasteiger charge is -2.31. The molecular weight excluding hydrogens is 391 g/mol. The van der Waals surface area contributed by atoms with Gasteiger partial charge in [0.05, 0.1) is 0 Å². The maximum atomic E-state index is 16.2. The van der Waals surface area contributed by atoms with Crippen molar-refractivity contribution in [3.8, 4) is 11.1 Å². The van der Waals surface area contributed by atoms with Crippen LogP contribution in [0.15, 0.2) is 105 Å². The molecule has 0 saturated heterocycles. The summed E-state index contributed by atoms with van der Waals surface area (Å²) in [6.45, 7) is 18.1. The summed E-state index contributed by atoms with van der Waals surface area (Å²) in [6.07, 6.45) is 10.5. The monoisotopic (exact) mass is 426 g/mol. The first-order valence-corrected chi connectivity index (χ1v) is 11.6. The molecule has 1 aliphatic carbocycles. The summed E-state index contributed by atoms with van der Waals surface area (Å²) in [5.74, 6) is -0.0376. The van der Waals surface area contributed by atoms with Crippen molar-refractivity contribution < 1.29 is 4.39 Å². The molecule has 0 aliphatic heterocycles. The number of allylic oxidation sites excluding steroid dienone is 6. The second kappa shape index (κ2) is 10.6. The van der Waals surface area contributed by atoms with Crippen molar-refractivity contribution in [2.75, 3.05) is 0 Å². The fourth-order valence-corrected chi connectivity index (χ4v) is 5.05. The van der Waals surface area contributed by atoms with E-state index in [0.717, 1.165) is 29.6 Å². The fourth-order valence-electron chi connectivity index (χ4n) is 5.05. The molecule has 1 fully saturated rings. The van der Waals surface area contributed by atoms with E-state index in [1.54, 1.807) is 12.2 Å². The van der Waals surface area contributed by atoms with Crippen molar-refractivity contribution in [3.63, 3.8) is 0 Å². The summed E-state index contributed by atoms with van der Waals surface area (Å²) in [7, 11) is 0. The van der Waals surface area contributed by atoms with Crippen LogP contribution >= 0.6 is 0 Å². The fraction of sp³-hybridized carbons (Fsp3) is 0.290. The molecule has 0 aromatic heterocycles. The second-order valence-electron chi connectivity index (χ2n) is 8.82. The van der Waals surface area contributed by atoms with Crippen molar-refractivity contribution in [1.82, 2.24) is 0 Å². The molecule has 0 N–H and O–H groups in total. The summed E-state index contributed by atoms with van der Waals surface area (Å²) in [4.78, 5) is 0. The van der Waals surface area contributed by atoms with E-state index in [-0.39, 0.29) is 11.8 Å². The van der Waals surface area contributed by atoms with Gasteiger partial charge in [0.2, 0.25) is 0 Å². The highest BCUT2D eigenvalue weighted by atomic mass is 19.1. The van der Waals surface area contributed by atoms with E-state index in [0.29, 0.717) is 19.3 Å². The minimum absolute atomic E-state index is 0.0995. The molecule has 0 spiro atoms. The Balaban J connectivity index is 1.81. The third-order valence-electron chi connectivity index (χ3n) is 6.93. The van der Waals surface area contributed by atoms with E-state index in [4.69, 9.17) is 0 Å². The minimum Gasteiger partial charge on any atom is -0.243 e. The molecule has 0 amide bonds. The van der Waals surface area contributed by atoms with Crippen molar-refractivity contribution >= 4 is 5.57 Å². The molecule has 3 rings (SSSR count). The highest BCUT2D eigenvalue weighted by molar-refractivity contribution is 5.71. The highest BCUT2D eigenvalue weighted by Gasteiger charge is 2.49. The molecule has 166 valence electrons. The van der Waals surface area contributed by atoms with E-state index in [1.165, 1.54) is 16.7 Å². The van der Waals surface area contributed by atoms with Crippen molar-refractivity contribution in [1.29, 1.82) is 0 Å². The van der Waals surface area contributed by atoms with Crippen LogP contribution < -0.4 is 0 Å². The summed E-state index contributed by atoms with van der Waals surface area (Å²) >= 11 is 0. The quantitative estimate of drug-likeness (QED) is 0.263. The van der Waals surface area contributed by atoms with Crippen LogP contribution in [-0.2, 0) is 6.42 Å². The molecule has 2 aromatic carbocycles. The average molecular weight is 427 g/mol. The Hall–Kier alpha value is -2.93. The molecule has 0 radical (unpaired) electrons. The van der Waals surface area contributed by atoms with Gasteiger partial charge >= 0.3 is 0 Å². The molecule has 2 aromatic rings. The lowest BCUT2D eigenvalue weighted by molar-refractivity contribution is 0.103. The molecule has 1 aliphatic rings. The number of aryl methyl sites for hydroxylation is 1. The molecule has 32 heavy (non-hydrogen) atoms. The maximum absolute atomic E-state index is 16.2. The summed E-state index contributed by atoms with van der Waals surface area (Å²) in [6, 6.07) is 17.2. The molecule has 3 atom stereocenters. The zero-order chi connectivity index (χ0) is 23.1. The van der Waals surface area contributed by atoms with Crippen LogP contribution in [0.2, 0.25) is 0 Å². The molecule has 0 heterocycles. The third-order valence-corrected chi connectivity index (χ3v) is 6.93. The molecule has 2 unspecified atom stereocenters. The van der Waals surface area contributed by atoms with E-state index in [1.807, 2.05) is 12.2 Å². The number of benzene rings is 2. The van der Waals surface area contributed by atoms with Crippen molar-refractivity contribution in [3.05, 3.63) is 116 Å². The van der Waals surface area contributed by atoms with Crippen molar-refractivity contribution in [2.24, 2.45) is 11.8 Å². The van der Waals surface area contributed by atoms with Gasteiger partial charge in [-0.1, -0.05) is 99.5 Å². The molecule has 1 heteroatoms. The van der Waals surface area contributed by atoms with Crippen LogP contribution in [0.25, 0.3) is 16.7 Å². The van der Waals surface area contributed by atoms with E-state index in [2.05, 4.69) is 81.8 Å². The average Bonchev–Trinajstić information content (AvgIpc) is 3.14. The SMILES string of the molecule is C=C/C=C(\C=C)CC1(F)CC[C@@H](C(=C)c2ccc(-c3ccc(CC)cc3)cc2)C1CC=C. The lowest BCUT2D eigenvalue weighted by Crippen LogP contribution is -2.31. The smallest absolute Gasteiger partial charge is 0.118 e. The van der Waals surface area contributed by atoms with Crippen LogP contribution in [-0.4, -0.2) is 5.67 Å². The molecule has 0 bridgehead atoms. The van der Waals surface area contributed by atoms with Gasteiger partial charge in [0.15, 0.2) is 0 Å². The summed E-state index contributed by atoms with van der Waals surface area (Å²) < 4.78 is 16.2. The highest BCUT2D eigenvalue weighted by Crippen LogP contribution is 2.52. The van der Waals surface area contributed by atoms with Gasteiger partial charge in [-0.25, -0.2) is 4.39 Å². The summed E-state index contributed by atoms with van der Waals surface area (Å²) in [5.41, 5.74) is 5.45. The van der Waals surface area contributed by atoms with Gasteiger partial charge in [-0.05, 0) is 65.0 Å². The summed E-state index contributed by atoms with van der Waals surface area (Å²) in [5, 5.41) is 0. The van der Waals surface area contributed by atoms with E-state index < -0.39 is 5.67 Å². The van der Waals surface area contributed by atoms with Gasteiger partial charge < -0.3 is 0 Å². The van der Waals surface area contributed by atoms with Gasteiger partial charge in [0.1, 0.15) is 5.67 Å². The predicted octanol–water partition coefficient (Wildman–Crippen LogP) is 8.93. The second-order valence-corrected chi connectivity index (χ2v) is 8.82. The van der Waals surface area contributed by atoms with Crippen molar-refractivity contribution in [2.45, 2.75) is 44.7 Å². The Labute approximate surface area is 193 Å². The van der Waals surface area contributed by atoms with Crippen LogP contribution in [0.5, 0.6) is 0 Å². The zero-order valence-electron chi connectivity index (χ0n) is 19.3. The number of alkyl halides is 1. The Kier molecular flexibility index (Phi) is 7.85. The standard InChI is InChI=1S/C31H35F/c1-6-10-25(9-4)22-31(32)21-20-29(30(31)11-7-2)23(5)26-16-18-28(19-17-26)27-14-12-24(8-3)13-15-27/h6-7,9-10,12-19,29-30H,1-2,4-5,8,11,20-22H2,3H3/b25-10+/t29-,30?,31?/m0/s1. The predicted molar refractivity (Wildman–Crippen MR) is 138 cm³/mol. The first-order valence-electron chi connectivity index (χ1n) is 11.6. The largest absolute Gasteiger partial charge is 0.243 e. The van der Waals surface area contributed by atoms with Crippen LogP contribution in [0.4, 0.5) is 4.39 Å². The van der Waals surface area contributed by atoms with E-state index >= 15 is 4.39 Å². The maximum Gasteiger partial charge on any atom is 0.118 e. The minimum atomic E-state index is -1.29. The van der Waals surface area contributed by atoms with Gasteiger partial charge in [0, 0.05) is 12.3 Å². The first-order chi connectivity index (χ1) is 15.5. The van der Waals surface area contributed by atoms with Gasteiger partial charge in [-0.15, -0.1) is 6.58 Å². The Morgan fingerprint density at radius 3 is 2.19 bits per heavy atom. The molecule has 0 nitrogen and oxygen atoms in total. The molecular formula is C31H35F.